The number of methoxy groups -OCH3 is 1. The van der Waals surface area contributed by atoms with Gasteiger partial charge in [-0.1, -0.05) is 35.5 Å². The second-order valence-electron chi connectivity index (χ2n) is 7.41. The Morgan fingerprint density at radius 1 is 1.21 bits per heavy atom. The van der Waals surface area contributed by atoms with Crippen LogP contribution in [0.3, 0.4) is 0 Å². The van der Waals surface area contributed by atoms with E-state index < -0.39 is 0 Å². The SMILES string of the molecule is COc1ccccc1-c1cccc(C(=O)N2CC[C@@H]3OCc4cnnn4[C@@H]3C2)c1. The molecule has 2 aliphatic heterocycles. The fraction of sp³-hybridized carbons (Fsp3) is 0.318. The van der Waals surface area contributed by atoms with E-state index in [1.54, 1.807) is 13.3 Å². The van der Waals surface area contributed by atoms with Crippen molar-refractivity contribution in [1.29, 1.82) is 0 Å². The first-order valence-electron chi connectivity index (χ1n) is 9.78. The van der Waals surface area contributed by atoms with E-state index in [0.29, 0.717) is 25.3 Å². The maximum atomic E-state index is 13.3. The van der Waals surface area contributed by atoms with Crippen molar-refractivity contribution in [2.24, 2.45) is 0 Å². The zero-order chi connectivity index (χ0) is 19.8. The normalized spacial score (nSPS) is 20.7. The summed E-state index contributed by atoms with van der Waals surface area (Å²) in [6.45, 7) is 1.77. The number of nitrogens with zero attached hydrogens (tertiary/aromatic N) is 4. The summed E-state index contributed by atoms with van der Waals surface area (Å²) in [5.74, 6) is 0.809. The molecule has 1 amide bonds. The number of likely N-dealkylation sites (tertiary alicyclic amines) is 1. The second-order valence-corrected chi connectivity index (χ2v) is 7.41. The highest BCUT2D eigenvalue weighted by atomic mass is 16.5. The molecule has 3 aromatic rings. The lowest BCUT2D eigenvalue weighted by Gasteiger charge is -2.41. The van der Waals surface area contributed by atoms with Crippen LogP contribution in [0.2, 0.25) is 0 Å². The van der Waals surface area contributed by atoms with E-state index in [0.717, 1.165) is 29.0 Å². The summed E-state index contributed by atoms with van der Waals surface area (Å²) < 4.78 is 13.3. The van der Waals surface area contributed by atoms with E-state index >= 15 is 0 Å². The van der Waals surface area contributed by atoms with Crippen LogP contribution in [0.1, 0.15) is 28.5 Å². The number of aromatic nitrogens is 3. The predicted molar refractivity (Wildman–Crippen MR) is 107 cm³/mol. The molecule has 0 spiro atoms. The van der Waals surface area contributed by atoms with E-state index in [9.17, 15) is 4.79 Å². The number of benzene rings is 2. The van der Waals surface area contributed by atoms with Gasteiger partial charge in [0, 0.05) is 24.2 Å². The van der Waals surface area contributed by atoms with Gasteiger partial charge in [-0.25, -0.2) is 4.68 Å². The van der Waals surface area contributed by atoms with Gasteiger partial charge in [0.05, 0.1) is 37.8 Å². The smallest absolute Gasteiger partial charge is 0.253 e. The molecular formula is C22H22N4O3. The fourth-order valence-corrected chi connectivity index (χ4v) is 4.25. The number of carbonyl (C=O) groups excluding carboxylic acids is 1. The van der Waals surface area contributed by atoms with Crippen molar-refractivity contribution in [3.63, 3.8) is 0 Å². The van der Waals surface area contributed by atoms with Gasteiger partial charge in [-0.15, -0.1) is 5.10 Å². The minimum Gasteiger partial charge on any atom is -0.496 e. The van der Waals surface area contributed by atoms with Crippen LogP contribution < -0.4 is 4.74 Å². The van der Waals surface area contributed by atoms with Crippen molar-refractivity contribution in [2.75, 3.05) is 20.2 Å². The molecule has 0 radical (unpaired) electrons. The average molecular weight is 390 g/mol. The molecule has 1 fully saturated rings. The van der Waals surface area contributed by atoms with Crippen LogP contribution in [-0.2, 0) is 11.3 Å². The minimum absolute atomic E-state index is 0.0105. The van der Waals surface area contributed by atoms with Crippen LogP contribution in [0.4, 0.5) is 0 Å². The van der Waals surface area contributed by atoms with Crippen molar-refractivity contribution in [1.82, 2.24) is 19.9 Å². The highest BCUT2D eigenvalue weighted by Crippen LogP contribution is 2.32. The topological polar surface area (TPSA) is 69.5 Å². The van der Waals surface area contributed by atoms with Gasteiger partial charge >= 0.3 is 0 Å². The summed E-state index contributed by atoms with van der Waals surface area (Å²) in [4.78, 5) is 15.2. The third-order valence-corrected chi connectivity index (χ3v) is 5.74. The Morgan fingerprint density at radius 2 is 2.10 bits per heavy atom. The van der Waals surface area contributed by atoms with Gasteiger partial charge in [0.1, 0.15) is 5.75 Å². The number of amides is 1. The predicted octanol–water partition coefficient (Wildman–Crippen LogP) is 2.94. The molecule has 2 aliphatic rings. The van der Waals surface area contributed by atoms with E-state index in [4.69, 9.17) is 9.47 Å². The van der Waals surface area contributed by atoms with Gasteiger partial charge in [-0.05, 0) is 30.2 Å². The Balaban J connectivity index is 1.41. The largest absolute Gasteiger partial charge is 0.496 e. The number of ether oxygens (including phenoxy) is 2. The summed E-state index contributed by atoms with van der Waals surface area (Å²) in [6, 6.07) is 15.6. The quantitative estimate of drug-likeness (QED) is 0.688. The molecule has 0 aliphatic carbocycles. The van der Waals surface area contributed by atoms with Crippen molar-refractivity contribution in [3.8, 4) is 16.9 Å². The molecule has 5 rings (SSSR count). The fourth-order valence-electron chi connectivity index (χ4n) is 4.25. The Labute approximate surface area is 168 Å². The Kier molecular flexibility index (Phi) is 4.52. The number of hydrogen-bond donors (Lipinski definition) is 0. The molecule has 2 aromatic carbocycles. The van der Waals surface area contributed by atoms with Gasteiger partial charge in [-0.2, -0.15) is 0 Å². The third kappa shape index (κ3) is 3.17. The lowest BCUT2D eigenvalue weighted by molar-refractivity contribution is -0.0605. The van der Waals surface area contributed by atoms with Crippen molar-refractivity contribution < 1.29 is 14.3 Å². The van der Waals surface area contributed by atoms with E-state index in [1.807, 2.05) is 58.1 Å². The number of carbonyl (C=O) groups is 1. The van der Waals surface area contributed by atoms with Crippen LogP contribution in [0.25, 0.3) is 11.1 Å². The van der Waals surface area contributed by atoms with Crippen molar-refractivity contribution >= 4 is 5.91 Å². The number of para-hydroxylation sites is 1. The standard InChI is InChI=1S/C22H22N4O3/c1-28-20-8-3-2-7-18(20)15-5-4-6-16(11-15)22(27)25-10-9-21-19(13-25)26-17(14-29-21)12-23-24-26/h2-8,11-12,19,21H,9-10,13-14H2,1H3/t19-,21+/m1/s1. The monoisotopic (exact) mass is 390 g/mol. The van der Waals surface area contributed by atoms with E-state index in [-0.39, 0.29) is 18.1 Å². The molecule has 0 unspecified atom stereocenters. The Morgan fingerprint density at radius 3 is 3.00 bits per heavy atom. The summed E-state index contributed by atoms with van der Waals surface area (Å²) >= 11 is 0. The van der Waals surface area contributed by atoms with Gasteiger partial charge in [0.15, 0.2) is 0 Å². The third-order valence-electron chi connectivity index (χ3n) is 5.74. The van der Waals surface area contributed by atoms with Gasteiger partial charge in [0.2, 0.25) is 0 Å². The van der Waals surface area contributed by atoms with E-state index in [1.165, 1.54) is 0 Å². The van der Waals surface area contributed by atoms with E-state index in [2.05, 4.69) is 10.3 Å². The highest BCUT2D eigenvalue weighted by Gasteiger charge is 2.38. The first-order valence-corrected chi connectivity index (χ1v) is 9.78. The number of hydrogen-bond acceptors (Lipinski definition) is 5. The molecule has 0 N–H and O–H groups in total. The summed E-state index contributed by atoms with van der Waals surface area (Å²) in [6.07, 6.45) is 2.60. The van der Waals surface area contributed by atoms with Crippen molar-refractivity contribution in [3.05, 3.63) is 66.0 Å². The van der Waals surface area contributed by atoms with Gasteiger partial charge < -0.3 is 14.4 Å². The number of fused-ring (bicyclic) bond motifs is 3. The molecule has 0 bridgehead atoms. The zero-order valence-electron chi connectivity index (χ0n) is 16.2. The van der Waals surface area contributed by atoms with Crippen LogP contribution in [0.5, 0.6) is 5.75 Å². The molecule has 7 nitrogen and oxygen atoms in total. The molecule has 29 heavy (non-hydrogen) atoms. The number of piperidine rings is 1. The molecule has 7 heteroatoms. The Bertz CT molecular complexity index is 1050. The van der Waals surface area contributed by atoms with Gasteiger partial charge in [0.25, 0.3) is 5.91 Å². The summed E-state index contributed by atoms with van der Waals surface area (Å²) in [5, 5.41) is 8.22. The molecule has 1 saturated heterocycles. The molecule has 2 atom stereocenters. The van der Waals surface area contributed by atoms with Crippen LogP contribution in [0, 0.1) is 0 Å². The van der Waals surface area contributed by atoms with Crippen LogP contribution >= 0.6 is 0 Å². The Hall–Kier alpha value is -3.19. The second kappa shape index (κ2) is 7.33. The van der Waals surface area contributed by atoms with Crippen LogP contribution in [-0.4, -0.2) is 52.1 Å². The van der Waals surface area contributed by atoms with Gasteiger partial charge in [-0.3, -0.25) is 4.79 Å². The average Bonchev–Trinajstić information content (AvgIpc) is 3.28. The first kappa shape index (κ1) is 17.9. The molecule has 0 saturated carbocycles. The summed E-state index contributed by atoms with van der Waals surface area (Å²) in [5.41, 5.74) is 3.56. The molecule has 3 heterocycles. The first-order chi connectivity index (χ1) is 14.2. The minimum atomic E-state index is 0.0105. The van der Waals surface area contributed by atoms with Crippen LogP contribution in [0.15, 0.2) is 54.7 Å². The number of rotatable bonds is 3. The lowest BCUT2D eigenvalue weighted by atomic mass is 9.98. The zero-order valence-corrected chi connectivity index (χ0v) is 16.2. The summed E-state index contributed by atoms with van der Waals surface area (Å²) in [7, 11) is 1.66. The molecule has 1 aromatic heterocycles. The maximum absolute atomic E-state index is 13.3. The highest BCUT2D eigenvalue weighted by molar-refractivity contribution is 5.95. The maximum Gasteiger partial charge on any atom is 0.253 e. The van der Waals surface area contributed by atoms with Crippen molar-refractivity contribution in [2.45, 2.75) is 25.2 Å². The molecular weight excluding hydrogens is 368 g/mol. The lowest BCUT2D eigenvalue weighted by Crippen LogP contribution is -2.49. The molecule has 148 valence electrons.